The molecular weight excluding hydrogens is 314 g/mol. The predicted octanol–water partition coefficient (Wildman–Crippen LogP) is 3.42. The highest BCUT2D eigenvalue weighted by molar-refractivity contribution is 6.02. The summed E-state index contributed by atoms with van der Waals surface area (Å²) in [5.41, 5.74) is 5.04. The number of carbonyl (C=O) groups is 1. The van der Waals surface area contributed by atoms with Crippen molar-refractivity contribution < 1.29 is 9.90 Å². The van der Waals surface area contributed by atoms with E-state index in [1.165, 1.54) is 6.21 Å². The Hall–Kier alpha value is -3.34. The Balaban J connectivity index is 1.63. The highest BCUT2D eigenvalue weighted by atomic mass is 16.3. The molecule has 3 aromatic rings. The average Bonchev–Trinajstić information content (AvgIpc) is 2.62. The zero-order chi connectivity index (χ0) is 17.6. The quantitative estimate of drug-likeness (QED) is 0.495. The number of phenolic OH excluding ortho intramolecular Hbond substituents is 1. The summed E-state index contributed by atoms with van der Waals surface area (Å²) in [6.45, 7) is 2.11. The molecule has 126 valence electrons. The standard InChI is InChI=1S/C20H19N3O2/c1-14-5-4-7-16(11-14)21-13-20(25)23-22-12-18-17-8-3-2-6-15(17)9-10-19(18)24/h2-12,21,24H,13H2,1H3,(H,23,25). The van der Waals surface area contributed by atoms with Gasteiger partial charge in [0.25, 0.3) is 5.91 Å². The van der Waals surface area contributed by atoms with Crippen molar-refractivity contribution in [2.45, 2.75) is 6.92 Å². The Kier molecular flexibility index (Phi) is 4.95. The van der Waals surface area contributed by atoms with Crippen molar-refractivity contribution in [3.63, 3.8) is 0 Å². The monoisotopic (exact) mass is 333 g/mol. The number of fused-ring (bicyclic) bond motifs is 1. The van der Waals surface area contributed by atoms with Crippen LogP contribution in [0.5, 0.6) is 5.75 Å². The molecule has 5 nitrogen and oxygen atoms in total. The molecule has 0 heterocycles. The van der Waals surface area contributed by atoms with Crippen LogP contribution in [0.4, 0.5) is 5.69 Å². The number of hydrogen-bond donors (Lipinski definition) is 3. The van der Waals surface area contributed by atoms with Crippen molar-refractivity contribution in [3.05, 3.63) is 71.8 Å². The number of rotatable bonds is 5. The molecule has 0 saturated carbocycles. The van der Waals surface area contributed by atoms with Crippen LogP contribution >= 0.6 is 0 Å². The second-order valence-corrected chi connectivity index (χ2v) is 5.74. The first-order valence-corrected chi connectivity index (χ1v) is 7.96. The molecule has 1 amide bonds. The number of anilines is 1. The van der Waals surface area contributed by atoms with Crippen molar-refractivity contribution >= 4 is 28.6 Å². The van der Waals surface area contributed by atoms with Gasteiger partial charge in [-0.05, 0) is 41.5 Å². The van der Waals surface area contributed by atoms with Gasteiger partial charge in [0.15, 0.2) is 0 Å². The molecule has 0 atom stereocenters. The van der Waals surface area contributed by atoms with E-state index >= 15 is 0 Å². The van der Waals surface area contributed by atoms with Crippen LogP contribution in [0, 0.1) is 6.92 Å². The van der Waals surface area contributed by atoms with Crippen LogP contribution in [0.15, 0.2) is 65.8 Å². The van der Waals surface area contributed by atoms with E-state index in [9.17, 15) is 9.90 Å². The van der Waals surface area contributed by atoms with Crippen LogP contribution < -0.4 is 10.7 Å². The molecule has 0 fully saturated rings. The molecule has 0 aromatic heterocycles. The maximum atomic E-state index is 11.9. The molecule has 0 saturated heterocycles. The highest BCUT2D eigenvalue weighted by Crippen LogP contribution is 2.25. The van der Waals surface area contributed by atoms with Crippen LogP contribution in [0.2, 0.25) is 0 Å². The summed E-state index contributed by atoms with van der Waals surface area (Å²) < 4.78 is 0. The van der Waals surface area contributed by atoms with E-state index in [4.69, 9.17) is 0 Å². The molecular formula is C20H19N3O2. The number of nitrogens with one attached hydrogen (secondary N) is 2. The molecule has 0 spiro atoms. The average molecular weight is 333 g/mol. The van der Waals surface area contributed by atoms with Crippen molar-refractivity contribution in [1.29, 1.82) is 0 Å². The summed E-state index contributed by atoms with van der Waals surface area (Å²) in [4.78, 5) is 11.9. The minimum Gasteiger partial charge on any atom is -0.507 e. The fraction of sp³-hybridized carbons (Fsp3) is 0.100. The van der Waals surface area contributed by atoms with Crippen LogP contribution in [-0.4, -0.2) is 23.8 Å². The lowest BCUT2D eigenvalue weighted by atomic mass is 10.0. The molecule has 0 bridgehead atoms. The Bertz CT molecular complexity index is 935. The van der Waals surface area contributed by atoms with E-state index < -0.39 is 0 Å². The molecule has 3 rings (SSSR count). The SMILES string of the molecule is Cc1cccc(NCC(=O)NN=Cc2c(O)ccc3ccccc23)c1. The Morgan fingerprint density at radius 1 is 1.12 bits per heavy atom. The largest absolute Gasteiger partial charge is 0.507 e. The lowest BCUT2D eigenvalue weighted by Gasteiger charge is -2.06. The van der Waals surface area contributed by atoms with Gasteiger partial charge >= 0.3 is 0 Å². The zero-order valence-electron chi connectivity index (χ0n) is 13.9. The summed E-state index contributed by atoms with van der Waals surface area (Å²) >= 11 is 0. The number of aromatic hydroxyl groups is 1. The molecule has 3 N–H and O–H groups in total. The van der Waals surface area contributed by atoms with Crippen LogP contribution in [-0.2, 0) is 4.79 Å². The second-order valence-electron chi connectivity index (χ2n) is 5.74. The van der Waals surface area contributed by atoms with E-state index in [0.717, 1.165) is 22.0 Å². The van der Waals surface area contributed by atoms with Gasteiger partial charge in [-0.3, -0.25) is 4.79 Å². The number of carbonyl (C=O) groups excluding carboxylic acids is 1. The van der Waals surface area contributed by atoms with Crippen LogP contribution in [0.1, 0.15) is 11.1 Å². The maximum absolute atomic E-state index is 11.9. The minimum absolute atomic E-state index is 0.113. The van der Waals surface area contributed by atoms with Gasteiger partial charge in [-0.1, -0.05) is 42.5 Å². The lowest BCUT2D eigenvalue weighted by Crippen LogP contribution is -2.25. The van der Waals surface area contributed by atoms with Gasteiger partial charge in [0.1, 0.15) is 5.75 Å². The van der Waals surface area contributed by atoms with Crippen molar-refractivity contribution in [1.82, 2.24) is 5.43 Å². The van der Waals surface area contributed by atoms with E-state index in [-0.39, 0.29) is 18.2 Å². The van der Waals surface area contributed by atoms with Gasteiger partial charge in [-0.15, -0.1) is 0 Å². The number of hydrazone groups is 1. The molecule has 0 unspecified atom stereocenters. The second kappa shape index (κ2) is 7.49. The first-order chi connectivity index (χ1) is 12.1. The Morgan fingerprint density at radius 3 is 2.80 bits per heavy atom. The van der Waals surface area contributed by atoms with E-state index in [0.29, 0.717) is 5.56 Å². The number of amides is 1. The molecule has 3 aromatic carbocycles. The third-order valence-electron chi connectivity index (χ3n) is 3.80. The molecule has 0 aliphatic carbocycles. The molecule has 25 heavy (non-hydrogen) atoms. The van der Waals surface area contributed by atoms with Gasteiger partial charge in [0, 0.05) is 11.3 Å². The lowest BCUT2D eigenvalue weighted by molar-refractivity contribution is -0.119. The summed E-state index contributed by atoms with van der Waals surface area (Å²) in [6, 6.07) is 18.9. The summed E-state index contributed by atoms with van der Waals surface area (Å²) in [6.07, 6.45) is 1.46. The minimum atomic E-state index is -0.266. The molecule has 0 aliphatic rings. The number of benzene rings is 3. The molecule has 0 radical (unpaired) electrons. The van der Waals surface area contributed by atoms with Crippen LogP contribution in [0.3, 0.4) is 0 Å². The first kappa shape index (κ1) is 16.5. The zero-order valence-corrected chi connectivity index (χ0v) is 13.9. The van der Waals surface area contributed by atoms with Crippen molar-refractivity contribution in [2.24, 2.45) is 5.10 Å². The number of phenols is 1. The number of nitrogens with zero attached hydrogens (tertiary/aromatic N) is 1. The maximum Gasteiger partial charge on any atom is 0.259 e. The first-order valence-electron chi connectivity index (χ1n) is 7.96. The normalized spacial score (nSPS) is 10.9. The van der Waals surface area contributed by atoms with E-state index in [2.05, 4.69) is 15.8 Å². The van der Waals surface area contributed by atoms with Gasteiger partial charge in [-0.2, -0.15) is 5.10 Å². The fourth-order valence-electron chi connectivity index (χ4n) is 2.57. The Labute approximate surface area is 146 Å². The van der Waals surface area contributed by atoms with Crippen molar-refractivity contribution in [2.75, 3.05) is 11.9 Å². The molecule has 5 heteroatoms. The van der Waals surface area contributed by atoms with Gasteiger partial charge in [-0.25, -0.2) is 5.43 Å². The Morgan fingerprint density at radius 2 is 1.96 bits per heavy atom. The molecule has 0 aliphatic heterocycles. The fourth-order valence-corrected chi connectivity index (χ4v) is 2.57. The third-order valence-corrected chi connectivity index (χ3v) is 3.80. The van der Waals surface area contributed by atoms with Crippen molar-refractivity contribution in [3.8, 4) is 5.75 Å². The third kappa shape index (κ3) is 4.14. The topological polar surface area (TPSA) is 73.7 Å². The van der Waals surface area contributed by atoms with Gasteiger partial charge in [0.2, 0.25) is 0 Å². The van der Waals surface area contributed by atoms with Gasteiger partial charge < -0.3 is 10.4 Å². The highest BCUT2D eigenvalue weighted by Gasteiger charge is 2.05. The van der Waals surface area contributed by atoms with E-state index in [1.807, 2.05) is 61.5 Å². The van der Waals surface area contributed by atoms with E-state index in [1.54, 1.807) is 6.07 Å². The van der Waals surface area contributed by atoms with Crippen LogP contribution in [0.25, 0.3) is 10.8 Å². The number of hydrogen-bond acceptors (Lipinski definition) is 4. The number of aryl methyl sites for hydroxylation is 1. The smallest absolute Gasteiger partial charge is 0.259 e. The predicted molar refractivity (Wildman–Crippen MR) is 101 cm³/mol. The van der Waals surface area contributed by atoms with Gasteiger partial charge in [0.05, 0.1) is 12.8 Å². The summed E-state index contributed by atoms with van der Waals surface area (Å²) in [5, 5.41) is 18.9. The summed E-state index contributed by atoms with van der Waals surface area (Å²) in [7, 11) is 0. The summed E-state index contributed by atoms with van der Waals surface area (Å²) in [5.74, 6) is -0.146.